The van der Waals surface area contributed by atoms with Gasteiger partial charge in [0.25, 0.3) is 0 Å². The van der Waals surface area contributed by atoms with Crippen molar-refractivity contribution in [3.8, 4) is 0 Å². The molecule has 17 heavy (non-hydrogen) atoms. The molecule has 0 radical (unpaired) electrons. The number of ether oxygens (including phenoxy) is 2. The molecule has 1 fully saturated rings. The molecule has 1 amide bonds. The zero-order chi connectivity index (χ0) is 13.2. The van der Waals surface area contributed by atoms with E-state index in [0.717, 1.165) is 0 Å². The van der Waals surface area contributed by atoms with Crippen LogP contribution in [0.15, 0.2) is 0 Å². The molecule has 0 aromatic heterocycles. The topological polar surface area (TPSA) is 142 Å². The fourth-order valence-corrected chi connectivity index (χ4v) is 1.45. The zero-order valence-electron chi connectivity index (χ0n) is 9.26. The number of aliphatic hydroxyl groups excluding tert-OH is 4. The number of hydrogen-bond donors (Lipinski definition) is 5. The van der Waals surface area contributed by atoms with Crippen LogP contribution in [0.1, 0.15) is 6.92 Å². The predicted molar refractivity (Wildman–Crippen MR) is 53.5 cm³/mol. The van der Waals surface area contributed by atoms with Gasteiger partial charge < -0.3 is 35.6 Å². The molecule has 8 heteroatoms. The number of carbonyl (C=O) groups excluding carboxylic acids is 1. The van der Waals surface area contributed by atoms with Crippen LogP contribution in [0.5, 0.6) is 0 Å². The monoisotopic (exact) mass is 251 g/mol. The van der Waals surface area contributed by atoms with Crippen LogP contribution in [0.25, 0.3) is 0 Å². The lowest BCUT2D eigenvalue weighted by Crippen LogP contribution is -2.60. The van der Waals surface area contributed by atoms with Crippen LogP contribution in [-0.4, -0.2) is 69.8 Å². The number of primary amides is 1. The Bertz CT molecular complexity index is 272. The highest BCUT2D eigenvalue weighted by atomic mass is 16.7. The van der Waals surface area contributed by atoms with Gasteiger partial charge in [-0.2, -0.15) is 0 Å². The summed E-state index contributed by atoms with van der Waals surface area (Å²) in [7, 11) is 0. The lowest BCUT2D eigenvalue weighted by molar-refractivity contribution is -0.307. The van der Waals surface area contributed by atoms with Gasteiger partial charge in [0.05, 0.1) is 6.61 Å². The average Bonchev–Trinajstić information content (AvgIpc) is 2.29. The first-order valence-electron chi connectivity index (χ1n) is 5.13. The molecule has 1 rings (SSSR count). The van der Waals surface area contributed by atoms with E-state index in [1.54, 1.807) is 0 Å². The lowest BCUT2D eigenvalue weighted by atomic mass is 9.99. The van der Waals surface area contributed by atoms with Gasteiger partial charge in [0, 0.05) is 0 Å². The Balaban J connectivity index is 2.68. The summed E-state index contributed by atoms with van der Waals surface area (Å²) in [5.41, 5.74) is 4.97. The maximum absolute atomic E-state index is 10.8. The van der Waals surface area contributed by atoms with Crippen molar-refractivity contribution in [2.75, 3.05) is 6.61 Å². The van der Waals surface area contributed by atoms with Crippen LogP contribution in [0.4, 0.5) is 0 Å². The molecule has 0 bridgehead atoms. The van der Waals surface area contributed by atoms with Gasteiger partial charge in [-0.3, -0.25) is 4.79 Å². The molecule has 1 aliphatic rings. The highest BCUT2D eigenvalue weighted by Gasteiger charge is 2.44. The smallest absolute Gasteiger partial charge is 0.246 e. The van der Waals surface area contributed by atoms with Crippen LogP contribution in [0.3, 0.4) is 0 Å². The minimum absolute atomic E-state index is 0.560. The number of rotatable bonds is 4. The fourth-order valence-electron chi connectivity index (χ4n) is 1.45. The van der Waals surface area contributed by atoms with Crippen molar-refractivity contribution >= 4 is 5.91 Å². The van der Waals surface area contributed by atoms with Crippen molar-refractivity contribution in [1.82, 2.24) is 0 Å². The summed E-state index contributed by atoms with van der Waals surface area (Å²) < 4.78 is 10.00. The second kappa shape index (κ2) is 5.71. The largest absolute Gasteiger partial charge is 0.394 e. The number of nitrogens with two attached hydrogens (primary N) is 1. The molecule has 0 aliphatic carbocycles. The Morgan fingerprint density at radius 3 is 2.41 bits per heavy atom. The third kappa shape index (κ3) is 3.12. The molecule has 6 atom stereocenters. The summed E-state index contributed by atoms with van der Waals surface area (Å²) in [6, 6.07) is 0. The Hall–Kier alpha value is -0.770. The second-order valence-electron chi connectivity index (χ2n) is 3.88. The van der Waals surface area contributed by atoms with Gasteiger partial charge in [-0.1, -0.05) is 0 Å². The van der Waals surface area contributed by atoms with Crippen molar-refractivity contribution in [3.05, 3.63) is 0 Å². The van der Waals surface area contributed by atoms with E-state index in [1.165, 1.54) is 6.92 Å². The molecule has 0 aromatic rings. The van der Waals surface area contributed by atoms with Crippen LogP contribution in [0, 0.1) is 0 Å². The standard InChI is InChI=1S/C9H17NO7/c1-3(8(10)15)16-9-7(14)6(13)5(12)4(2-11)17-9/h3-7,9,11-14H,2H2,1H3,(H2,10,15)/t3?,4?,5-,6?,7?,9-/m1/s1. The van der Waals surface area contributed by atoms with Gasteiger partial charge in [-0.15, -0.1) is 0 Å². The van der Waals surface area contributed by atoms with Crippen molar-refractivity contribution in [3.63, 3.8) is 0 Å². The summed E-state index contributed by atoms with van der Waals surface area (Å²) in [5, 5.41) is 37.4. The van der Waals surface area contributed by atoms with E-state index in [-0.39, 0.29) is 0 Å². The highest BCUT2D eigenvalue weighted by molar-refractivity contribution is 5.78. The van der Waals surface area contributed by atoms with Crippen LogP contribution in [-0.2, 0) is 14.3 Å². The Morgan fingerprint density at radius 2 is 1.94 bits per heavy atom. The second-order valence-corrected chi connectivity index (χ2v) is 3.88. The molecule has 6 N–H and O–H groups in total. The number of amides is 1. The van der Waals surface area contributed by atoms with E-state index >= 15 is 0 Å². The average molecular weight is 251 g/mol. The third-order valence-electron chi connectivity index (χ3n) is 2.59. The molecule has 1 heterocycles. The molecule has 1 aliphatic heterocycles. The summed E-state index contributed by atoms with van der Waals surface area (Å²) in [5.74, 6) is -0.762. The van der Waals surface area contributed by atoms with Gasteiger partial charge in [-0.25, -0.2) is 0 Å². The number of hydrogen-bond acceptors (Lipinski definition) is 7. The van der Waals surface area contributed by atoms with E-state index in [4.69, 9.17) is 20.3 Å². The molecule has 1 saturated heterocycles. The Kier molecular flexibility index (Phi) is 4.80. The summed E-state index contributed by atoms with van der Waals surface area (Å²) in [6.07, 6.45) is -7.97. The highest BCUT2D eigenvalue weighted by Crippen LogP contribution is 2.22. The molecule has 8 nitrogen and oxygen atoms in total. The first kappa shape index (κ1) is 14.3. The summed E-state index contributed by atoms with van der Waals surface area (Å²) >= 11 is 0. The quantitative estimate of drug-likeness (QED) is 0.352. The molecular weight excluding hydrogens is 234 g/mol. The van der Waals surface area contributed by atoms with Crippen molar-refractivity contribution in [1.29, 1.82) is 0 Å². The maximum Gasteiger partial charge on any atom is 0.246 e. The Morgan fingerprint density at radius 1 is 1.35 bits per heavy atom. The molecule has 0 saturated carbocycles. The number of aliphatic hydroxyl groups is 4. The van der Waals surface area contributed by atoms with Crippen LogP contribution >= 0.6 is 0 Å². The summed E-state index contributed by atoms with van der Waals surface area (Å²) in [6.45, 7) is 0.791. The molecule has 4 unspecified atom stereocenters. The van der Waals surface area contributed by atoms with Crippen LogP contribution in [0.2, 0.25) is 0 Å². The molecule has 0 spiro atoms. The third-order valence-corrected chi connectivity index (χ3v) is 2.59. The first-order valence-corrected chi connectivity index (χ1v) is 5.13. The van der Waals surface area contributed by atoms with Crippen molar-refractivity contribution in [2.45, 2.75) is 43.7 Å². The SMILES string of the molecule is CC(O[C@@H]1OC(CO)[C@@H](O)C(O)C1O)C(N)=O. The van der Waals surface area contributed by atoms with Gasteiger partial charge in [0.15, 0.2) is 6.29 Å². The van der Waals surface area contributed by atoms with Crippen LogP contribution < -0.4 is 5.73 Å². The van der Waals surface area contributed by atoms with E-state index in [1.807, 2.05) is 0 Å². The normalized spacial score (nSPS) is 39.9. The van der Waals surface area contributed by atoms with Gasteiger partial charge in [0.1, 0.15) is 30.5 Å². The van der Waals surface area contributed by atoms with Crippen molar-refractivity contribution < 1.29 is 34.7 Å². The first-order chi connectivity index (χ1) is 7.88. The minimum atomic E-state index is -1.54. The van der Waals surface area contributed by atoms with Crippen molar-refractivity contribution in [2.24, 2.45) is 5.73 Å². The van der Waals surface area contributed by atoms with E-state index in [2.05, 4.69) is 0 Å². The zero-order valence-corrected chi connectivity index (χ0v) is 9.26. The predicted octanol–water partition coefficient (Wildman–Crippen LogP) is -3.32. The summed E-state index contributed by atoms with van der Waals surface area (Å²) in [4.78, 5) is 10.8. The maximum atomic E-state index is 10.8. The van der Waals surface area contributed by atoms with E-state index in [0.29, 0.717) is 0 Å². The molecular formula is C9H17NO7. The Labute approximate surface area is 97.6 Å². The lowest BCUT2D eigenvalue weighted by Gasteiger charge is -2.40. The fraction of sp³-hybridized carbons (Fsp3) is 0.889. The molecule has 0 aromatic carbocycles. The number of carbonyl (C=O) groups is 1. The van der Waals surface area contributed by atoms with Gasteiger partial charge in [-0.05, 0) is 6.92 Å². The minimum Gasteiger partial charge on any atom is -0.394 e. The van der Waals surface area contributed by atoms with E-state index in [9.17, 15) is 20.1 Å². The van der Waals surface area contributed by atoms with Gasteiger partial charge >= 0.3 is 0 Å². The van der Waals surface area contributed by atoms with E-state index < -0.39 is 49.3 Å². The molecule has 100 valence electrons. The van der Waals surface area contributed by atoms with Gasteiger partial charge in [0.2, 0.25) is 5.91 Å².